The van der Waals surface area contributed by atoms with Gasteiger partial charge in [0.05, 0.1) is 12.5 Å². The first-order valence-electron chi connectivity index (χ1n) is 5.35. The summed E-state index contributed by atoms with van der Waals surface area (Å²) in [4.78, 5) is 10.7. The summed E-state index contributed by atoms with van der Waals surface area (Å²) in [6, 6.07) is 2.09. The van der Waals surface area contributed by atoms with Gasteiger partial charge in [0.1, 0.15) is 18.9 Å². The van der Waals surface area contributed by atoms with E-state index in [1.165, 1.54) is 0 Å². The summed E-state index contributed by atoms with van der Waals surface area (Å²) in [5.41, 5.74) is 0. The smallest absolute Gasteiger partial charge is 0.346 e. The Morgan fingerprint density at radius 2 is 2.44 bits per heavy atom. The Bertz CT molecular complexity index is 404. The number of carbonyl (C=O) groups is 1. The molecule has 86 valence electrons. The van der Waals surface area contributed by atoms with Gasteiger partial charge in [0.25, 0.3) is 5.82 Å². The number of hydrogen-bond acceptors (Lipinski definition) is 2. The van der Waals surface area contributed by atoms with E-state index in [1.807, 2.05) is 17.7 Å². The van der Waals surface area contributed by atoms with E-state index in [0.29, 0.717) is 13.0 Å². The van der Waals surface area contributed by atoms with Crippen molar-refractivity contribution in [1.29, 1.82) is 5.26 Å². The zero-order valence-electron chi connectivity index (χ0n) is 9.39. The molecule has 16 heavy (non-hydrogen) atoms. The normalized spacial score (nSPS) is 10.0. The molecule has 0 saturated carbocycles. The van der Waals surface area contributed by atoms with Crippen molar-refractivity contribution in [3.8, 4) is 6.07 Å². The van der Waals surface area contributed by atoms with E-state index in [-0.39, 0.29) is 6.54 Å². The summed E-state index contributed by atoms with van der Waals surface area (Å²) < 4.78 is 3.68. The first kappa shape index (κ1) is 12.2. The minimum Gasteiger partial charge on any atom is -0.478 e. The van der Waals surface area contributed by atoms with Crippen LogP contribution in [0.2, 0.25) is 0 Å². The Morgan fingerprint density at radius 1 is 1.69 bits per heavy atom. The van der Waals surface area contributed by atoms with Gasteiger partial charge in [0.2, 0.25) is 0 Å². The van der Waals surface area contributed by atoms with Crippen molar-refractivity contribution < 1.29 is 14.5 Å². The number of rotatable bonds is 6. The number of hydrogen-bond donors (Lipinski definition) is 1. The van der Waals surface area contributed by atoms with Crippen molar-refractivity contribution in [1.82, 2.24) is 4.57 Å². The highest BCUT2D eigenvalue weighted by atomic mass is 16.4. The van der Waals surface area contributed by atoms with Crippen molar-refractivity contribution in [3.05, 3.63) is 18.2 Å². The van der Waals surface area contributed by atoms with Crippen molar-refractivity contribution in [2.75, 3.05) is 0 Å². The number of carboxylic acids is 1. The molecule has 1 rings (SSSR count). The predicted octanol–water partition coefficient (Wildman–Crippen LogP) is 0.726. The lowest BCUT2D eigenvalue weighted by molar-refractivity contribution is -0.692. The average Bonchev–Trinajstić information content (AvgIpc) is 2.59. The monoisotopic (exact) mass is 222 g/mol. The van der Waals surface area contributed by atoms with Gasteiger partial charge in [-0.25, -0.2) is 13.9 Å². The SMILES string of the molecule is CCCc1n(CCC#N)cc[n+]1CC(=O)O. The number of aryl methyl sites for hydroxylation is 1. The van der Waals surface area contributed by atoms with Crippen LogP contribution in [0.1, 0.15) is 25.6 Å². The van der Waals surface area contributed by atoms with Crippen molar-refractivity contribution in [3.63, 3.8) is 0 Å². The Kier molecular flexibility index (Phi) is 4.52. The van der Waals surface area contributed by atoms with E-state index < -0.39 is 5.97 Å². The molecule has 0 bridgehead atoms. The Labute approximate surface area is 94.5 Å². The maximum atomic E-state index is 10.7. The van der Waals surface area contributed by atoms with E-state index in [1.54, 1.807) is 10.8 Å². The maximum absolute atomic E-state index is 10.7. The lowest BCUT2D eigenvalue weighted by Crippen LogP contribution is -2.40. The van der Waals surface area contributed by atoms with Crippen LogP contribution in [-0.4, -0.2) is 15.6 Å². The quantitative estimate of drug-likeness (QED) is 0.721. The number of nitriles is 1. The Morgan fingerprint density at radius 3 is 3.00 bits per heavy atom. The van der Waals surface area contributed by atoms with E-state index in [4.69, 9.17) is 10.4 Å². The predicted molar refractivity (Wildman–Crippen MR) is 56.5 cm³/mol. The van der Waals surface area contributed by atoms with Crippen molar-refractivity contribution in [2.24, 2.45) is 0 Å². The summed E-state index contributed by atoms with van der Waals surface area (Å²) in [5.74, 6) is 0.125. The number of nitrogens with zero attached hydrogens (tertiary/aromatic N) is 3. The number of aromatic nitrogens is 2. The molecule has 1 aromatic rings. The molecule has 1 heterocycles. The molecule has 0 aliphatic carbocycles. The molecular formula is C11H16N3O2+. The molecule has 5 heteroatoms. The highest BCUT2D eigenvalue weighted by Gasteiger charge is 2.17. The molecule has 0 fully saturated rings. The van der Waals surface area contributed by atoms with Crippen molar-refractivity contribution in [2.45, 2.75) is 39.3 Å². The molecule has 0 unspecified atom stereocenters. The fraction of sp³-hybridized carbons (Fsp3) is 0.545. The lowest BCUT2D eigenvalue weighted by Gasteiger charge is -2.00. The van der Waals surface area contributed by atoms with Gasteiger partial charge in [-0.05, 0) is 6.42 Å². The Balaban J connectivity index is 2.88. The molecule has 1 N–H and O–H groups in total. The van der Waals surface area contributed by atoms with Gasteiger partial charge in [-0.3, -0.25) is 0 Å². The van der Waals surface area contributed by atoms with Crippen molar-refractivity contribution >= 4 is 5.97 Å². The summed E-state index contributed by atoms with van der Waals surface area (Å²) in [6.07, 6.45) is 5.82. The minimum absolute atomic E-state index is 0.0190. The van der Waals surface area contributed by atoms with E-state index in [0.717, 1.165) is 18.7 Å². The van der Waals surface area contributed by atoms with Crippen LogP contribution >= 0.6 is 0 Å². The van der Waals surface area contributed by atoms with Crippen LogP contribution in [0.4, 0.5) is 0 Å². The second-order valence-electron chi connectivity index (χ2n) is 3.59. The second kappa shape index (κ2) is 5.91. The minimum atomic E-state index is -0.847. The number of carboxylic acid groups (broad SMARTS) is 1. The summed E-state index contributed by atoms with van der Waals surface area (Å²) in [7, 11) is 0. The second-order valence-corrected chi connectivity index (χ2v) is 3.59. The topological polar surface area (TPSA) is 69.9 Å². The third-order valence-corrected chi connectivity index (χ3v) is 2.33. The molecule has 0 atom stereocenters. The third-order valence-electron chi connectivity index (χ3n) is 2.33. The van der Waals surface area contributed by atoms with Gasteiger partial charge in [0.15, 0.2) is 6.54 Å². The molecule has 0 aliphatic rings. The molecule has 0 aromatic carbocycles. The molecule has 0 radical (unpaired) electrons. The molecule has 0 spiro atoms. The van der Waals surface area contributed by atoms with E-state index >= 15 is 0 Å². The fourth-order valence-corrected chi connectivity index (χ4v) is 1.67. The fourth-order valence-electron chi connectivity index (χ4n) is 1.67. The van der Waals surface area contributed by atoms with E-state index in [9.17, 15) is 4.79 Å². The summed E-state index contributed by atoms with van der Waals surface area (Å²) >= 11 is 0. The summed E-state index contributed by atoms with van der Waals surface area (Å²) in [6.45, 7) is 2.65. The van der Waals surface area contributed by atoms with Crippen LogP contribution in [-0.2, 0) is 24.3 Å². The number of imidazole rings is 1. The first-order valence-corrected chi connectivity index (χ1v) is 5.35. The van der Waals surface area contributed by atoms with Gasteiger partial charge in [0, 0.05) is 6.42 Å². The maximum Gasteiger partial charge on any atom is 0.346 e. The van der Waals surface area contributed by atoms with Crippen LogP contribution in [0.25, 0.3) is 0 Å². The molecule has 0 amide bonds. The third kappa shape index (κ3) is 3.09. The van der Waals surface area contributed by atoms with Crippen LogP contribution < -0.4 is 4.57 Å². The average molecular weight is 222 g/mol. The zero-order valence-corrected chi connectivity index (χ0v) is 9.39. The standard InChI is InChI=1S/C11H15N3O2/c1-2-4-10-13(6-3-5-12)7-8-14(10)9-11(15)16/h7-8H,2-4,6,9H2,1H3/p+1. The first-order chi connectivity index (χ1) is 7.69. The van der Waals surface area contributed by atoms with Crippen LogP contribution in [0.5, 0.6) is 0 Å². The van der Waals surface area contributed by atoms with Crippen LogP contribution in [0.3, 0.4) is 0 Å². The van der Waals surface area contributed by atoms with E-state index in [2.05, 4.69) is 6.07 Å². The zero-order chi connectivity index (χ0) is 12.0. The molecule has 5 nitrogen and oxygen atoms in total. The van der Waals surface area contributed by atoms with Gasteiger partial charge in [-0.1, -0.05) is 6.92 Å². The molecule has 0 aliphatic heterocycles. The summed E-state index contributed by atoms with van der Waals surface area (Å²) in [5, 5.41) is 17.3. The van der Waals surface area contributed by atoms with Gasteiger partial charge in [-0.2, -0.15) is 5.26 Å². The molecule has 1 aromatic heterocycles. The molecule has 0 saturated heterocycles. The largest absolute Gasteiger partial charge is 0.478 e. The lowest BCUT2D eigenvalue weighted by atomic mass is 10.3. The van der Waals surface area contributed by atoms with Gasteiger partial charge in [-0.15, -0.1) is 0 Å². The van der Waals surface area contributed by atoms with Crippen LogP contribution in [0, 0.1) is 11.3 Å². The highest BCUT2D eigenvalue weighted by Crippen LogP contribution is 2.01. The van der Waals surface area contributed by atoms with Gasteiger partial charge < -0.3 is 5.11 Å². The molecular weight excluding hydrogens is 206 g/mol. The van der Waals surface area contributed by atoms with Gasteiger partial charge >= 0.3 is 5.97 Å². The number of aliphatic carboxylic acids is 1. The van der Waals surface area contributed by atoms with Crippen LogP contribution in [0.15, 0.2) is 12.4 Å². The highest BCUT2D eigenvalue weighted by molar-refractivity contribution is 5.64. The Hall–Kier alpha value is -1.83.